The van der Waals surface area contributed by atoms with Gasteiger partial charge in [0.15, 0.2) is 29.8 Å². The number of carboxylic acids is 1. The van der Waals surface area contributed by atoms with Gasteiger partial charge in [-0.2, -0.15) is 35.3 Å². The second-order valence-corrected chi connectivity index (χ2v) is 41.1. The number of para-hydroxylation sites is 1. The lowest BCUT2D eigenvalue weighted by molar-refractivity contribution is -0.158. The number of rotatable bonds is 38. The second kappa shape index (κ2) is 62.8. The molecule has 0 aliphatic carbocycles. The molecule has 5 heterocycles. The topological polar surface area (TPSA) is 882 Å². The molecule has 14 atom stereocenters. The Hall–Kier alpha value is -14.4. The number of thioether (sulfide) groups is 3. The molecular weight excluding hydrogens is 2010 g/mol. The molecule has 4 fully saturated rings. The summed E-state index contributed by atoms with van der Waals surface area (Å²) < 4.78 is 0. The number of nitrogens with one attached hydrogen (secondary N) is 23. The van der Waals surface area contributed by atoms with Crippen molar-refractivity contribution in [2.24, 2.45) is 52.0 Å². The number of aromatic nitrogens is 1. The number of phenols is 1. The highest BCUT2D eigenvalue weighted by molar-refractivity contribution is 7.99. The number of carboxylic acid groups (broad SMARTS) is 1. The van der Waals surface area contributed by atoms with Crippen LogP contribution < -0.4 is 131 Å². The number of carbonyl (C=O) groups excluding carboxylic acids is 17. The van der Waals surface area contributed by atoms with Crippen molar-refractivity contribution in [3.05, 3.63) is 65.9 Å². The number of aromatic amines is 1. The average molecular weight is 2160 g/mol. The van der Waals surface area contributed by atoms with Gasteiger partial charge in [0.1, 0.15) is 84.3 Å². The zero-order valence-corrected chi connectivity index (χ0v) is 87.1. The van der Waals surface area contributed by atoms with Gasteiger partial charge in [-0.25, -0.2) is 4.79 Å². The molecule has 828 valence electrons. The summed E-state index contributed by atoms with van der Waals surface area (Å²) in [4.78, 5) is 276. The zero-order chi connectivity index (χ0) is 110. The number of aliphatic carboxylic acids is 1. The van der Waals surface area contributed by atoms with E-state index in [2.05, 4.69) is 95.4 Å². The molecule has 4 saturated heterocycles. The van der Waals surface area contributed by atoms with Crippen LogP contribution in [0, 0.1) is 38.9 Å². The molecule has 39 N–H and O–H groups in total. The molecule has 4 aliphatic rings. The van der Waals surface area contributed by atoms with Gasteiger partial charge in [-0.05, 0) is 137 Å². The van der Waals surface area contributed by atoms with Crippen LogP contribution in [0.1, 0.15) is 161 Å². The predicted octanol–water partition coefficient (Wildman–Crippen LogP) is -6.68. The lowest BCUT2D eigenvalue weighted by Gasteiger charge is -2.42. The molecule has 0 unspecified atom stereocenters. The first-order chi connectivity index (χ1) is 71.2. The number of fused-ring (bicyclic) bond motifs is 9. The van der Waals surface area contributed by atoms with Crippen molar-refractivity contribution < 1.29 is 96.5 Å². The molecule has 0 spiro atoms. The maximum Gasteiger partial charge on any atom is 0.326 e. The van der Waals surface area contributed by atoms with E-state index in [9.17, 15) is 29.4 Å². The van der Waals surface area contributed by atoms with Crippen molar-refractivity contribution in [2.75, 3.05) is 93.8 Å². The molecule has 4 aliphatic heterocycles. The fourth-order valence-electron chi connectivity index (χ4n) is 16.7. The number of nitrogens with zero attached hydrogens (tertiary/aromatic N) is 4. The van der Waals surface area contributed by atoms with Crippen LogP contribution >= 0.6 is 35.3 Å². The second-order valence-electron chi connectivity index (χ2n) is 37.7. The molecule has 4 bridgehead atoms. The first-order valence-electron chi connectivity index (χ1n) is 49.7. The first kappa shape index (κ1) is 123. The highest BCUT2D eigenvalue weighted by Crippen LogP contribution is 2.26. The summed E-state index contributed by atoms with van der Waals surface area (Å²) in [5, 5.41) is 106. The Kier molecular flexibility index (Phi) is 51.3. The van der Waals surface area contributed by atoms with Gasteiger partial charge >= 0.3 is 5.97 Å². The zero-order valence-electron chi connectivity index (χ0n) is 84.7. The summed E-state index contributed by atoms with van der Waals surface area (Å²) in [7, 11) is 0. The number of aromatic hydroxyl groups is 1. The molecule has 0 radical (unpaired) electrons. The monoisotopic (exact) mass is 2160 g/mol. The van der Waals surface area contributed by atoms with Gasteiger partial charge in [-0.1, -0.05) is 58.0 Å². The lowest BCUT2D eigenvalue weighted by Crippen LogP contribution is -2.61. The van der Waals surface area contributed by atoms with E-state index in [1.54, 1.807) is 58.2 Å². The van der Waals surface area contributed by atoms with Gasteiger partial charge in [0.2, 0.25) is 100 Å². The Labute approximate surface area is 880 Å². The summed E-state index contributed by atoms with van der Waals surface area (Å²) in [5.74, 6) is -22.3. The minimum Gasteiger partial charge on any atom is -0.508 e. The average Bonchev–Trinajstić information content (AvgIpc) is 1.65. The molecule has 150 heavy (non-hydrogen) atoms. The Morgan fingerprint density at radius 2 is 0.913 bits per heavy atom. The van der Waals surface area contributed by atoms with Crippen LogP contribution in [0.4, 0.5) is 0 Å². The van der Waals surface area contributed by atoms with Crippen LogP contribution in [0.25, 0.3) is 10.9 Å². The van der Waals surface area contributed by atoms with E-state index >= 15 is 67.1 Å². The molecule has 0 saturated carbocycles. The molecular formula is C93H148N34O20S3. The van der Waals surface area contributed by atoms with Crippen LogP contribution in [0.5, 0.6) is 5.75 Å². The van der Waals surface area contributed by atoms with E-state index < -0.39 is 278 Å². The van der Waals surface area contributed by atoms with Gasteiger partial charge in [0, 0.05) is 129 Å². The number of guanidine groups is 5. The van der Waals surface area contributed by atoms with E-state index in [-0.39, 0.29) is 189 Å². The molecule has 2 aromatic carbocycles. The number of primary amides is 1. The predicted molar refractivity (Wildman–Crippen MR) is 561 cm³/mol. The molecule has 54 nitrogen and oxygen atoms in total. The fraction of sp³-hybridized carbons (Fsp3) is 0.602. The lowest BCUT2D eigenvalue weighted by atomic mass is 10.0. The number of carbonyl (C=O) groups is 18. The normalized spacial score (nSPS) is 22.2. The van der Waals surface area contributed by atoms with Gasteiger partial charge < -0.3 is 165 Å². The van der Waals surface area contributed by atoms with Crippen molar-refractivity contribution in [3.8, 4) is 5.75 Å². The third-order valence-electron chi connectivity index (χ3n) is 24.6. The number of nitrogens with two attached hydrogens (primary N) is 7. The molecule has 7 rings (SSSR count). The van der Waals surface area contributed by atoms with Crippen molar-refractivity contribution in [3.63, 3.8) is 0 Å². The minimum atomic E-state index is -1.78. The van der Waals surface area contributed by atoms with Gasteiger partial charge in [-0.3, -0.25) is 109 Å². The number of amides is 17. The van der Waals surface area contributed by atoms with Gasteiger partial charge in [-0.15, -0.1) is 0 Å². The number of hydrogen-bond acceptors (Lipinski definition) is 28. The Balaban J connectivity index is 1.38. The minimum absolute atomic E-state index is 0.000409. The highest BCUT2D eigenvalue weighted by atomic mass is 32.2. The molecule has 57 heteroatoms. The van der Waals surface area contributed by atoms with Crippen LogP contribution in [-0.4, -0.2) is 349 Å². The van der Waals surface area contributed by atoms with Crippen LogP contribution in [0.15, 0.2) is 54.7 Å². The Morgan fingerprint density at radius 3 is 1.42 bits per heavy atom. The molecule has 3 aromatic rings. The van der Waals surface area contributed by atoms with Gasteiger partial charge in [0.05, 0.1) is 26.0 Å². The van der Waals surface area contributed by atoms with Crippen molar-refractivity contribution in [1.82, 2.24) is 115 Å². The largest absolute Gasteiger partial charge is 0.508 e. The third-order valence-corrected chi connectivity index (χ3v) is 27.8. The van der Waals surface area contributed by atoms with E-state index in [0.29, 0.717) is 22.0 Å². The SMILES string of the molecule is CC(C)C[C@@H]1NC(=O)[C@H](CCC(N)=O)NC(=O)[C@H](CCCNC(=N)N)NC(=O)[C@@H]2CSCCC(=O)N3CN(CN(C3)C(=O)CCSC[C@H](NC(=O)[C@@H](N)CCCNC(=N)N)C(=O)N[C@@H](Cc3ccc(O)cc3)C(=O)N[C@@H](CCCNC(=N)N)C(=O)N[C@@H](CC(C)C)C(=O)N3CCC[C@H]3C(=O)N2)C(=O)CCSC[C@@H](C(=O)N[C@@H](CCCNC(=N)N)C(=O)N[C@@H](Cc2c[nH]c3ccccc23)C(=O)O)NC(=O)[C@H](CCCNC(=N)N)NC1=O. The van der Waals surface area contributed by atoms with Crippen molar-refractivity contribution in [1.29, 1.82) is 27.0 Å². The van der Waals surface area contributed by atoms with E-state index in [1.807, 2.05) is 0 Å². The fourth-order valence-corrected chi connectivity index (χ4v) is 19.6. The number of H-pyrrole nitrogens is 1. The van der Waals surface area contributed by atoms with Crippen LogP contribution in [-0.2, 0) is 99.1 Å². The quantitative estimate of drug-likeness (QED) is 0.0144. The van der Waals surface area contributed by atoms with E-state index in [1.165, 1.54) is 43.9 Å². The summed E-state index contributed by atoms with van der Waals surface area (Å²) in [6.07, 6.45) is -2.45. The van der Waals surface area contributed by atoms with Crippen molar-refractivity contribution in [2.45, 2.75) is 247 Å². The molecule has 17 amide bonds. The number of hydrogen-bond donors (Lipinski definition) is 32. The Bertz CT molecular complexity index is 5220. The first-order valence-corrected chi connectivity index (χ1v) is 53.2. The third kappa shape index (κ3) is 42.7. The number of benzene rings is 2. The maximum absolute atomic E-state index is 15.5. The maximum atomic E-state index is 15.5. The summed E-state index contributed by atoms with van der Waals surface area (Å²) in [6.45, 7) is 5.27. The Morgan fingerprint density at radius 1 is 0.473 bits per heavy atom. The summed E-state index contributed by atoms with van der Waals surface area (Å²) >= 11 is 2.82. The molecule has 1 aromatic heterocycles. The van der Waals surface area contributed by atoms with Crippen LogP contribution in [0.3, 0.4) is 0 Å². The standard InChI is InChI=1S/C93H148N34O20S3/c1-50(2)39-63-81(139)112-61(19-11-34-110-93(104)105)79(137)122-68(83(141)115-60(18-10-33-109-92(102)103)78(136)120-66(88(146)147)42-53-43-111-57-15-6-5-13-55(53)57)45-149-37-28-73(131)125-47-124-48-126(49-125)74(132)29-38-150-46-69(84(142)114-58(16-8-31-107-90(98)99)76(134)116-62(80(138)117-63)25-26-71(95)129)123-86(144)70-20-12-35-127(70)87(145)65(40-51(3)4)119-77(135)59(17-9-32-108-91(100)101)113-82(140)64(41-52-21-23-54(128)24-22-52)118-85(143)67(44-148-36-27-72(124)130)121-75(133)56(94)14-7-30-106-89(96)97/h5-6,13,15,21-24,43,50-51,56,58-70,111,128H,7-12,14,16-20,25-42,44-49,94H2,1-4H3,(H2,95,129)(H,112,139)(H,113,140)(H,114,142)(H,115,141)(H,116,134)(H,117,138)(H,118,143)(H,119,135)(H,120,136)(H,121,133)(H,122,137)(H,123,144)(H,146,147)(H4,96,97,106)(H4,98,99,107)(H4,100,101,108)(H4,102,103,109)(H4,104,105,110)/t56-,58-,59-,60-,61-,62-,63-,64-,65-,66-,67-,68-,69-,70-/m0/s1. The summed E-state index contributed by atoms with van der Waals surface area (Å²) in [5.41, 5.74) is 41.8. The number of phenolic OH excluding ortho intramolecular Hbond substituents is 1. The van der Waals surface area contributed by atoms with Crippen LogP contribution in [0.2, 0.25) is 0 Å². The van der Waals surface area contributed by atoms with E-state index in [4.69, 9.17) is 67.2 Å². The van der Waals surface area contributed by atoms with E-state index in [0.717, 1.165) is 35.3 Å². The van der Waals surface area contributed by atoms with Gasteiger partial charge in [0.25, 0.3) is 0 Å². The smallest absolute Gasteiger partial charge is 0.326 e. The highest BCUT2D eigenvalue weighted by Gasteiger charge is 2.44. The van der Waals surface area contributed by atoms with Crippen molar-refractivity contribution >= 4 is 182 Å². The summed E-state index contributed by atoms with van der Waals surface area (Å²) in [6, 6.07) is -9.79.